The molecule has 0 radical (unpaired) electrons. The molecule has 0 aromatic rings. The standard InChI is InChI=1S/C10H19N3O5/c1-6(2)3-13(4-8(11)15)10(18)12-7(5-14)9(16)17/h6-7,14H,3-5H2,1-2H3,(H2,11,15)(H,12,18)(H,16,17)/t7-/m0/s1. The molecule has 18 heavy (non-hydrogen) atoms. The van der Waals surface area contributed by atoms with E-state index >= 15 is 0 Å². The number of hydrogen-bond donors (Lipinski definition) is 4. The van der Waals surface area contributed by atoms with Gasteiger partial charge < -0.3 is 26.2 Å². The van der Waals surface area contributed by atoms with Crippen molar-refractivity contribution in [2.24, 2.45) is 11.7 Å². The maximum Gasteiger partial charge on any atom is 0.328 e. The molecule has 8 nitrogen and oxygen atoms in total. The number of aliphatic hydroxyl groups is 1. The molecular weight excluding hydrogens is 242 g/mol. The van der Waals surface area contributed by atoms with Crippen molar-refractivity contribution < 1.29 is 24.6 Å². The van der Waals surface area contributed by atoms with Crippen molar-refractivity contribution in [2.75, 3.05) is 19.7 Å². The third-order valence-electron chi connectivity index (χ3n) is 2.00. The van der Waals surface area contributed by atoms with E-state index in [0.717, 1.165) is 4.90 Å². The Hall–Kier alpha value is -1.83. The second-order valence-corrected chi connectivity index (χ2v) is 4.26. The van der Waals surface area contributed by atoms with Crippen LogP contribution in [0.2, 0.25) is 0 Å². The van der Waals surface area contributed by atoms with Gasteiger partial charge in [-0.1, -0.05) is 13.8 Å². The summed E-state index contributed by atoms with van der Waals surface area (Å²) in [7, 11) is 0. The van der Waals surface area contributed by atoms with E-state index < -0.39 is 30.6 Å². The molecule has 0 saturated heterocycles. The van der Waals surface area contributed by atoms with Gasteiger partial charge in [-0.25, -0.2) is 9.59 Å². The van der Waals surface area contributed by atoms with Gasteiger partial charge in [0.1, 0.15) is 6.54 Å². The number of nitrogens with one attached hydrogen (secondary N) is 1. The van der Waals surface area contributed by atoms with E-state index in [1.807, 2.05) is 13.8 Å². The lowest BCUT2D eigenvalue weighted by Crippen LogP contribution is -2.52. The molecule has 0 saturated carbocycles. The van der Waals surface area contributed by atoms with E-state index in [1.54, 1.807) is 0 Å². The van der Waals surface area contributed by atoms with Crippen LogP contribution in [0.5, 0.6) is 0 Å². The lowest BCUT2D eigenvalue weighted by Gasteiger charge is -2.25. The number of urea groups is 1. The third kappa shape index (κ3) is 6.04. The van der Waals surface area contributed by atoms with E-state index in [9.17, 15) is 14.4 Å². The van der Waals surface area contributed by atoms with Gasteiger partial charge in [-0.05, 0) is 5.92 Å². The quantitative estimate of drug-likeness (QED) is 0.446. The predicted molar refractivity (Wildman–Crippen MR) is 62.6 cm³/mol. The molecule has 0 aromatic carbocycles. The van der Waals surface area contributed by atoms with Crippen molar-refractivity contribution in [3.63, 3.8) is 0 Å². The minimum Gasteiger partial charge on any atom is -0.480 e. The highest BCUT2D eigenvalue weighted by molar-refractivity contribution is 5.86. The fourth-order valence-electron chi connectivity index (χ4n) is 1.27. The first kappa shape index (κ1) is 16.2. The Labute approximate surface area is 105 Å². The summed E-state index contributed by atoms with van der Waals surface area (Å²) in [5.41, 5.74) is 5.00. The lowest BCUT2D eigenvalue weighted by molar-refractivity contribution is -0.140. The zero-order valence-electron chi connectivity index (χ0n) is 10.4. The van der Waals surface area contributed by atoms with E-state index in [4.69, 9.17) is 15.9 Å². The van der Waals surface area contributed by atoms with Crippen LogP contribution in [0.15, 0.2) is 0 Å². The molecule has 1 atom stereocenters. The Balaban J connectivity index is 4.63. The fourth-order valence-corrected chi connectivity index (χ4v) is 1.27. The molecule has 0 bridgehead atoms. The molecule has 3 amide bonds. The summed E-state index contributed by atoms with van der Waals surface area (Å²) in [6.45, 7) is 2.89. The molecule has 0 fully saturated rings. The first-order valence-corrected chi connectivity index (χ1v) is 5.45. The van der Waals surface area contributed by atoms with Crippen LogP contribution in [0.1, 0.15) is 13.8 Å². The summed E-state index contributed by atoms with van der Waals surface area (Å²) >= 11 is 0. The number of hydrogen-bond acceptors (Lipinski definition) is 4. The molecule has 0 rings (SSSR count). The fraction of sp³-hybridized carbons (Fsp3) is 0.700. The summed E-state index contributed by atoms with van der Waals surface area (Å²) in [5.74, 6) is -1.96. The number of rotatable bonds is 7. The molecule has 0 spiro atoms. The molecule has 0 unspecified atom stereocenters. The average Bonchev–Trinajstić information content (AvgIpc) is 2.22. The van der Waals surface area contributed by atoms with Crippen LogP contribution in [0.4, 0.5) is 4.79 Å². The lowest BCUT2D eigenvalue weighted by atomic mass is 10.2. The molecule has 8 heteroatoms. The molecule has 0 heterocycles. The Morgan fingerprint density at radius 3 is 2.22 bits per heavy atom. The van der Waals surface area contributed by atoms with Crippen molar-refractivity contribution >= 4 is 17.9 Å². The summed E-state index contributed by atoms with van der Waals surface area (Å²) in [6, 6.07) is -2.15. The Kier molecular flexibility index (Phi) is 6.73. The normalized spacial score (nSPS) is 12.0. The number of nitrogens with zero attached hydrogens (tertiary/aromatic N) is 1. The highest BCUT2D eigenvalue weighted by Gasteiger charge is 2.23. The summed E-state index contributed by atoms with van der Waals surface area (Å²) in [4.78, 5) is 34.3. The molecular formula is C10H19N3O5. The number of carbonyl (C=O) groups is 3. The molecule has 104 valence electrons. The van der Waals surface area contributed by atoms with Gasteiger partial charge in [0.05, 0.1) is 6.61 Å². The predicted octanol–water partition coefficient (Wildman–Crippen LogP) is -1.42. The van der Waals surface area contributed by atoms with E-state index in [0.29, 0.717) is 0 Å². The van der Waals surface area contributed by atoms with E-state index in [1.165, 1.54) is 0 Å². The number of nitrogens with two attached hydrogens (primary N) is 1. The van der Waals surface area contributed by atoms with Crippen LogP contribution >= 0.6 is 0 Å². The van der Waals surface area contributed by atoms with Crippen molar-refractivity contribution in [3.8, 4) is 0 Å². The zero-order chi connectivity index (χ0) is 14.3. The van der Waals surface area contributed by atoms with Crippen LogP contribution in [-0.4, -0.2) is 58.8 Å². The first-order chi connectivity index (χ1) is 8.27. The number of aliphatic hydroxyl groups excluding tert-OH is 1. The topological polar surface area (TPSA) is 133 Å². The van der Waals surface area contributed by atoms with E-state index in [2.05, 4.69) is 5.32 Å². The van der Waals surface area contributed by atoms with Gasteiger partial charge in [-0.3, -0.25) is 4.79 Å². The number of carboxylic acid groups (broad SMARTS) is 1. The second kappa shape index (κ2) is 7.49. The number of carboxylic acids is 1. The highest BCUT2D eigenvalue weighted by Crippen LogP contribution is 1.99. The molecule has 5 N–H and O–H groups in total. The first-order valence-electron chi connectivity index (χ1n) is 5.45. The Morgan fingerprint density at radius 2 is 1.89 bits per heavy atom. The molecule has 0 aromatic heterocycles. The van der Waals surface area contributed by atoms with Gasteiger partial charge in [0, 0.05) is 6.54 Å². The van der Waals surface area contributed by atoms with Crippen molar-refractivity contribution in [2.45, 2.75) is 19.9 Å². The number of carbonyl (C=O) groups excluding carboxylic acids is 2. The summed E-state index contributed by atoms with van der Waals surface area (Å²) in [6.07, 6.45) is 0. The molecule has 0 aliphatic rings. The number of aliphatic carboxylic acids is 1. The Bertz CT molecular complexity index is 319. The summed E-state index contributed by atoms with van der Waals surface area (Å²) < 4.78 is 0. The Morgan fingerprint density at radius 1 is 1.33 bits per heavy atom. The van der Waals surface area contributed by atoms with Gasteiger partial charge in [-0.15, -0.1) is 0 Å². The zero-order valence-corrected chi connectivity index (χ0v) is 10.4. The smallest absolute Gasteiger partial charge is 0.328 e. The maximum atomic E-state index is 11.7. The third-order valence-corrected chi connectivity index (χ3v) is 2.00. The average molecular weight is 261 g/mol. The van der Waals surface area contributed by atoms with Crippen LogP contribution in [0, 0.1) is 5.92 Å². The molecule has 0 aliphatic heterocycles. The maximum absolute atomic E-state index is 11.7. The van der Waals surface area contributed by atoms with Gasteiger partial charge in [0.15, 0.2) is 6.04 Å². The van der Waals surface area contributed by atoms with Gasteiger partial charge >= 0.3 is 12.0 Å². The number of amides is 3. The van der Waals surface area contributed by atoms with Gasteiger partial charge in [0.2, 0.25) is 5.91 Å². The van der Waals surface area contributed by atoms with Gasteiger partial charge in [0.25, 0.3) is 0 Å². The van der Waals surface area contributed by atoms with Crippen molar-refractivity contribution in [1.29, 1.82) is 0 Å². The van der Waals surface area contributed by atoms with Crippen LogP contribution < -0.4 is 11.1 Å². The largest absolute Gasteiger partial charge is 0.480 e. The van der Waals surface area contributed by atoms with Crippen molar-refractivity contribution in [1.82, 2.24) is 10.2 Å². The van der Waals surface area contributed by atoms with Gasteiger partial charge in [-0.2, -0.15) is 0 Å². The monoisotopic (exact) mass is 261 g/mol. The van der Waals surface area contributed by atoms with Crippen LogP contribution in [0.25, 0.3) is 0 Å². The SMILES string of the molecule is CC(C)CN(CC(N)=O)C(=O)N[C@@H](CO)C(=O)O. The number of primary amides is 1. The van der Waals surface area contributed by atoms with Crippen LogP contribution in [-0.2, 0) is 9.59 Å². The minimum atomic E-state index is -1.40. The van der Waals surface area contributed by atoms with E-state index in [-0.39, 0.29) is 19.0 Å². The highest BCUT2D eigenvalue weighted by atomic mass is 16.4. The van der Waals surface area contributed by atoms with Crippen LogP contribution in [0.3, 0.4) is 0 Å². The summed E-state index contributed by atoms with van der Waals surface area (Å²) in [5, 5.41) is 19.6. The minimum absolute atomic E-state index is 0.0903. The molecule has 0 aliphatic carbocycles. The van der Waals surface area contributed by atoms with Crippen molar-refractivity contribution in [3.05, 3.63) is 0 Å². The second-order valence-electron chi connectivity index (χ2n) is 4.26.